The quantitative estimate of drug-likeness (QED) is 0.896. The fourth-order valence-electron chi connectivity index (χ4n) is 2.58. The summed E-state index contributed by atoms with van der Waals surface area (Å²) in [6.45, 7) is 3.72. The molecule has 0 spiro atoms. The summed E-state index contributed by atoms with van der Waals surface area (Å²) in [6, 6.07) is 7.98. The maximum absolute atomic E-state index is 12.4. The number of carbonyl (C=O) groups excluding carboxylic acids is 1. The zero-order valence-electron chi connectivity index (χ0n) is 11.7. The van der Waals surface area contributed by atoms with Crippen LogP contribution in [0.1, 0.15) is 18.4 Å². The van der Waals surface area contributed by atoms with Crippen LogP contribution in [0.25, 0.3) is 0 Å². The minimum atomic E-state index is -0.250. The number of likely N-dealkylation sites (N-methyl/N-ethyl adjacent to an activating group) is 1. The van der Waals surface area contributed by atoms with Gasteiger partial charge < -0.3 is 14.9 Å². The number of hydrogen-bond donors (Lipinski definition) is 1. The van der Waals surface area contributed by atoms with E-state index in [1.807, 2.05) is 7.05 Å². The van der Waals surface area contributed by atoms with Gasteiger partial charge in [0.1, 0.15) is 6.04 Å². The van der Waals surface area contributed by atoms with E-state index in [0.29, 0.717) is 6.42 Å². The normalized spacial score (nSPS) is 20.6. The van der Waals surface area contributed by atoms with Crippen LogP contribution >= 0.6 is 0 Å². The summed E-state index contributed by atoms with van der Waals surface area (Å²) in [5.74, 6) is 0.104. The van der Waals surface area contributed by atoms with Crippen molar-refractivity contribution in [3.8, 4) is 0 Å². The number of hydrogen-bond acceptors (Lipinski definition) is 3. The highest BCUT2D eigenvalue weighted by Crippen LogP contribution is 2.23. The molecule has 4 heteroatoms. The fraction of sp³-hybridized carbons (Fsp3) is 0.533. The Kier molecular flexibility index (Phi) is 4.43. The third-order valence-electron chi connectivity index (χ3n) is 3.70. The Bertz CT molecular complexity index is 430. The molecule has 1 saturated heterocycles. The van der Waals surface area contributed by atoms with Crippen LogP contribution in [-0.2, 0) is 4.79 Å². The number of anilines is 1. The molecule has 104 valence electrons. The maximum Gasteiger partial charge on any atom is 0.245 e. The zero-order valence-corrected chi connectivity index (χ0v) is 11.7. The van der Waals surface area contributed by atoms with E-state index in [1.165, 1.54) is 5.56 Å². The van der Waals surface area contributed by atoms with Crippen LogP contribution in [0.4, 0.5) is 5.69 Å². The standard InChI is InChI=1S/C15H22N2O2/c1-12-4-6-13(7-5-12)17-10-3-9-16(2)15(19)14(17)8-11-18/h4-7,14,18H,3,8-11H2,1-2H3. The molecule has 0 aliphatic carbocycles. The Balaban J connectivity index is 2.28. The summed E-state index contributed by atoms with van der Waals surface area (Å²) in [6.07, 6.45) is 1.44. The summed E-state index contributed by atoms with van der Waals surface area (Å²) in [5.41, 5.74) is 2.27. The molecule has 0 saturated carbocycles. The predicted octanol–water partition coefficient (Wildman–Crippen LogP) is 1.41. The third kappa shape index (κ3) is 3.07. The van der Waals surface area contributed by atoms with Gasteiger partial charge in [-0.3, -0.25) is 4.79 Å². The monoisotopic (exact) mass is 262 g/mol. The molecule has 1 atom stereocenters. The van der Waals surface area contributed by atoms with Crippen LogP contribution in [0.5, 0.6) is 0 Å². The number of benzene rings is 1. The van der Waals surface area contributed by atoms with Crippen molar-refractivity contribution in [2.45, 2.75) is 25.8 Å². The fourth-order valence-corrected chi connectivity index (χ4v) is 2.58. The molecular formula is C15H22N2O2. The zero-order chi connectivity index (χ0) is 13.8. The Morgan fingerprint density at radius 2 is 1.95 bits per heavy atom. The van der Waals surface area contributed by atoms with Crippen LogP contribution in [0.15, 0.2) is 24.3 Å². The molecule has 19 heavy (non-hydrogen) atoms. The van der Waals surface area contributed by atoms with Crippen molar-refractivity contribution in [1.82, 2.24) is 4.90 Å². The van der Waals surface area contributed by atoms with Gasteiger partial charge in [-0.1, -0.05) is 17.7 Å². The van der Waals surface area contributed by atoms with Gasteiger partial charge in [0.15, 0.2) is 0 Å². The number of nitrogens with zero attached hydrogens (tertiary/aromatic N) is 2. The van der Waals surface area contributed by atoms with Gasteiger partial charge in [-0.15, -0.1) is 0 Å². The first-order chi connectivity index (χ1) is 9.13. The second-order valence-electron chi connectivity index (χ2n) is 5.17. The van der Waals surface area contributed by atoms with Crippen molar-refractivity contribution < 1.29 is 9.90 Å². The Labute approximate surface area is 114 Å². The molecule has 4 nitrogen and oxygen atoms in total. The molecule has 1 aliphatic rings. The predicted molar refractivity (Wildman–Crippen MR) is 76.3 cm³/mol. The molecular weight excluding hydrogens is 240 g/mol. The number of aryl methyl sites for hydroxylation is 1. The van der Waals surface area contributed by atoms with Crippen molar-refractivity contribution in [2.24, 2.45) is 0 Å². The van der Waals surface area contributed by atoms with Gasteiger partial charge >= 0.3 is 0 Å². The number of amides is 1. The lowest BCUT2D eigenvalue weighted by molar-refractivity contribution is -0.131. The molecule has 0 bridgehead atoms. The van der Waals surface area contributed by atoms with E-state index in [4.69, 9.17) is 0 Å². The Morgan fingerprint density at radius 1 is 1.26 bits per heavy atom. The second kappa shape index (κ2) is 6.06. The van der Waals surface area contributed by atoms with Gasteiger partial charge in [-0.2, -0.15) is 0 Å². The van der Waals surface area contributed by atoms with Crippen LogP contribution in [0.3, 0.4) is 0 Å². The largest absolute Gasteiger partial charge is 0.396 e. The Hall–Kier alpha value is -1.55. The summed E-state index contributed by atoms with van der Waals surface area (Å²) in [7, 11) is 1.84. The van der Waals surface area contributed by atoms with Gasteiger partial charge in [0.2, 0.25) is 5.91 Å². The number of aliphatic hydroxyl groups excluding tert-OH is 1. The molecule has 1 fully saturated rings. The van der Waals surface area contributed by atoms with E-state index >= 15 is 0 Å². The van der Waals surface area contributed by atoms with Crippen molar-refractivity contribution in [3.05, 3.63) is 29.8 Å². The van der Waals surface area contributed by atoms with Gasteiger partial charge in [-0.05, 0) is 31.9 Å². The highest BCUT2D eigenvalue weighted by Gasteiger charge is 2.30. The van der Waals surface area contributed by atoms with E-state index in [9.17, 15) is 9.90 Å². The van der Waals surface area contributed by atoms with Gasteiger partial charge in [0.05, 0.1) is 0 Å². The lowest BCUT2D eigenvalue weighted by atomic mass is 10.1. The first-order valence-corrected chi connectivity index (χ1v) is 6.82. The molecule has 1 N–H and O–H groups in total. The minimum Gasteiger partial charge on any atom is -0.396 e. The van der Waals surface area contributed by atoms with E-state index in [0.717, 1.165) is 25.2 Å². The summed E-state index contributed by atoms with van der Waals surface area (Å²) < 4.78 is 0. The first-order valence-electron chi connectivity index (χ1n) is 6.82. The SMILES string of the molecule is Cc1ccc(N2CCCN(C)C(=O)C2CCO)cc1. The molecule has 1 aromatic rings. The van der Waals surface area contributed by atoms with Gasteiger partial charge in [-0.25, -0.2) is 0 Å². The van der Waals surface area contributed by atoms with Crippen LogP contribution < -0.4 is 4.90 Å². The van der Waals surface area contributed by atoms with E-state index in [1.54, 1.807) is 4.90 Å². The van der Waals surface area contributed by atoms with Crippen LogP contribution in [0.2, 0.25) is 0 Å². The van der Waals surface area contributed by atoms with Crippen molar-refractivity contribution in [2.75, 3.05) is 31.6 Å². The van der Waals surface area contributed by atoms with E-state index < -0.39 is 0 Å². The first kappa shape index (κ1) is 13.9. The number of aliphatic hydroxyl groups is 1. The third-order valence-corrected chi connectivity index (χ3v) is 3.70. The molecule has 1 aromatic carbocycles. The maximum atomic E-state index is 12.4. The molecule has 1 unspecified atom stereocenters. The van der Waals surface area contributed by atoms with E-state index in [2.05, 4.69) is 36.1 Å². The van der Waals surface area contributed by atoms with Gasteiger partial charge in [0.25, 0.3) is 0 Å². The topological polar surface area (TPSA) is 43.8 Å². The van der Waals surface area contributed by atoms with Crippen molar-refractivity contribution in [1.29, 1.82) is 0 Å². The highest BCUT2D eigenvalue weighted by molar-refractivity contribution is 5.85. The molecule has 1 aliphatic heterocycles. The molecule has 0 radical (unpaired) electrons. The average molecular weight is 262 g/mol. The van der Waals surface area contributed by atoms with Crippen molar-refractivity contribution >= 4 is 11.6 Å². The lowest BCUT2D eigenvalue weighted by Crippen LogP contribution is -2.45. The van der Waals surface area contributed by atoms with Crippen molar-refractivity contribution in [3.63, 3.8) is 0 Å². The number of rotatable bonds is 3. The molecule has 0 aromatic heterocycles. The summed E-state index contributed by atoms with van der Waals surface area (Å²) in [4.78, 5) is 16.3. The average Bonchev–Trinajstić information content (AvgIpc) is 2.54. The number of carbonyl (C=O) groups is 1. The lowest BCUT2D eigenvalue weighted by Gasteiger charge is -2.31. The second-order valence-corrected chi connectivity index (χ2v) is 5.17. The Morgan fingerprint density at radius 3 is 2.58 bits per heavy atom. The van der Waals surface area contributed by atoms with Crippen LogP contribution in [-0.4, -0.2) is 48.7 Å². The highest BCUT2D eigenvalue weighted by atomic mass is 16.3. The van der Waals surface area contributed by atoms with Crippen LogP contribution in [0, 0.1) is 6.92 Å². The summed E-state index contributed by atoms with van der Waals surface area (Å²) in [5, 5.41) is 9.23. The van der Waals surface area contributed by atoms with E-state index in [-0.39, 0.29) is 18.6 Å². The molecule has 2 rings (SSSR count). The smallest absolute Gasteiger partial charge is 0.245 e. The minimum absolute atomic E-state index is 0.0343. The summed E-state index contributed by atoms with van der Waals surface area (Å²) >= 11 is 0. The molecule has 1 amide bonds. The van der Waals surface area contributed by atoms with Gasteiger partial charge in [0, 0.05) is 32.4 Å². The molecule has 1 heterocycles.